The second-order valence-corrected chi connectivity index (χ2v) is 2.47. The van der Waals surface area contributed by atoms with Crippen LogP contribution in [0.25, 0.3) is 0 Å². The van der Waals surface area contributed by atoms with Crippen molar-refractivity contribution in [2.45, 2.75) is 13.3 Å². The van der Waals surface area contributed by atoms with Gasteiger partial charge in [-0.05, 0) is 13.3 Å². The van der Waals surface area contributed by atoms with Crippen molar-refractivity contribution < 1.29 is 9.90 Å². The smallest absolute Gasteiger partial charge is 0.310 e. The van der Waals surface area contributed by atoms with Gasteiger partial charge in [-0.1, -0.05) is 23.8 Å². The van der Waals surface area contributed by atoms with Gasteiger partial charge in [0.2, 0.25) is 0 Å². The molecule has 1 atom stereocenters. The van der Waals surface area contributed by atoms with Crippen LogP contribution in [0.1, 0.15) is 13.3 Å². The fourth-order valence-corrected chi connectivity index (χ4v) is 1.03. The molecule has 10 heavy (non-hydrogen) atoms. The zero-order valence-corrected chi connectivity index (χ0v) is 5.87. The van der Waals surface area contributed by atoms with E-state index in [4.69, 9.17) is 5.11 Å². The van der Waals surface area contributed by atoms with Crippen molar-refractivity contribution in [3.63, 3.8) is 0 Å². The molecule has 0 saturated heterocycles. The van der Waals surface area contributed by atoms with E-state index in [1.54, 1.807) is 0 Å². The van der Waals surface area contributed by atoms with Crippen molar-refractivity contribution in [2.24, 2.45) is 5.92 Å². The SMILES string of the molecule is CC1=CC=CC[C@@H]1C(=O)O. The molecule has 0 heterocycles. The summed E-state index contributed by atoms with van der Waals surface area (Å²) in [6.45, 7) is 1.85. The van der Waals surface area contributed by atoms with Gasteiger partial charge < -0.3 is 5.11 Å². The van der Waals surface area contributed by atoms with E-state index >= 15 is 0 Å². The van der Waals surface area contributed by atoms with E-state index in [1.807, 2.05) is 25.2 Å². The molecule has 1 rings (SSSR count). The third kappa shape index (κ3) is 1.26. The number of rotatable bonds is 1. The standard InChI is InChI=1S/C8H10O2/c1-6-4-2-3-5-7(6)8(9)10/h2-4,7H,5H2,1H3,(H,9,10)/t7-/m0/s1. The Morgan fingerprint density at radius 2 is 2.50 bits per heavy atom. The van der Waals surface area contributed by atoms with Gasteiger partial charge in [0.15, 0.2) is 0 Å². The van der Waals surface area contributed by atoms with E-state index in [2.05, 4.69) is 0 Å². The first kappa shape index (κ1) is 7.06. The number of carboxylic acid groups (broad SMARTS) is 1. The molecule has 1 N–H and O–H groups in total. The summed E-state index contributed by atoms with van der Waals surface area (Å²) in [5.74, 6) is -1.01. The minimum atomic E-state index is -0.724. The van der Waals surface area contributed by atoms with Gasteiger partial charge in [0, 0.05) is 0 Å². The molecule has 0 bridgehead atoms. The van der Waals surface area contributed by atoms with Crippen LogP contribution >= 0.6 is 0 Å². The average molecular weight is 138 g/mol. The van der Waals surface area contributed by atoms with Crippen molar-refractivity contribution in [1.82, 2.24) is 0 Å². The molecule has 1 aliphatic rings. The van der Waals surface area contributed by atoms with Crippen LogP contribution in [0.4, 0.5) is 0 Å². The van der Waals surface area contributed by atoms with E-state index in [-0.39, 0.29) is 5.92 Å². The second-order valence-electron chi connectivity index (χ2n) is 2.47. The molecule has 0 amide bonds. The molecule has 0 spiro atoms. The molecule has 2 heteroatoms. The highest BCUT2D eigenvalue weighted by Crippen LogP contribution is 2.19. The average Bonchev–Trinajstić information content (AvgIpc) is 1.88. The summed E-state index contributed by atoms with van der Waals surface area (Å²) in [5.41, 5.74) is 0.940. The van der Waals surface area contributed by atoms with Crippen LogP contribution in [0.5, 0.6) is 0 Å². The minimum Gasteiger partial charge on any atom is -0.481 e. The Kier molecular flexibility index (Phi) is 1.90. The predicted molar refractivity (Wildman–Crippen MR) is 38.6 cm³/mol. The van der Waals surface area contributed by atoms with Crippen LogP contribution in [-0.2, 0) is 4.79 Å². The third-order valence-corrected chi connectivity index (χ3v) is 1.71. The van der Waals surface area contributed by atoms with Gasteiger partial charge in [-0.15, -0.1) is 0 Å². The van der Waals surface area contributed by atoms with Gasteiger partial charge in [0.05, 0.1) is 5.92 Å². The molecule has 2 nitrogen and oxygen atoms in total. The van der Waals surface area contributed by atoms with Crippen molar-refractivity contribution in [3.05, 3.63) is 23.8 Å². The quantitative estimate of drug-likeness (QED) is 0.597. The van der Waals surface area contributed by atoms with Crippen LogP contribution < -0.4 is 0 Å². The third-order valence-electron chi connectivity index (χ3n) is 1.71. The van der Waals surface area contributed by atoms with Gasteiger partial charge in [0.1, 0.15) is 0 Å². The summed E-state index contributed by atoms with van der Waals surface area (Å²) >= 11 is 0. The van der Waals surface area contributed by atoms with Crippen LogP contribution in [0.15, 0.2) is 23.8 Å². The van der Waals surface area contributed by atoms with Gasteiger partial charge in [-0.2, -0.15) is 0 Å². The summed E-state index contributed by atoms with van der Waals surface area (Å²) in [5, 5.41) is 8.63. The molecule has 0 aromatic carbocycles. The Labute approximate surface area is 59.9 Å². The van der Waals surface area contributed by atoms with Crippen LogP contribution in [0, 0.1) is 5.92 Å². The van der Waals surface area contributed by atoms with Gasteiger partial charge in [-0.25, -0.2) is 0 Å². The maximum absolute atomic E-state index is 10.5. The van der Waals surface area contributed by atoms with Crippen LogP contribution in [0.3, 0.4) is 0 Å². The number of allylic oxidation sites excluding steroid dienone is 3. The highest BCUT2D eigenvalue weighted by molar-refractivity contribution is 5.74. The minimum absolute atomic E-state index is 0.287. The lowest BCUT2D eigenvalue weighted by molar-refractivity contribution is -0.140. The van der Waals surface area contributed by atoms with Gasteiger partial charge in [0.25, 0.3) is 0 Å². The normalized spacial score (nSPS) is 24.1. The lowest BCUT2D eigenvalue weighted by Crippen LogP contribution is -2.15. The number of hydrogen-bond acceptors (Lipinski definition) is 1. The molecule has 0 saturated carbocycles. The van der Waals surface area contributed by atoms with Gasteiger partial charge >= 0.3 is 5.97 Å². The zero-order chi connectivity index (χ0) is 7.56. The number of aliphatic carboxylic acids is 1. The molecule has 1 aliphatic carbocycles. The molecule has 54 valence electrons. The Morgan fingerprint density at radius 3 is 2.90 bits per heavy atom. The highest BCUT2D eigenvalue weighted by atomic mass is 16.4. The van der Waals surface area contributed by atoms with E-state index in [9.17, 15) is 4.79 Å². The lowest BCUT2D eigenvalue weighted by Gasteiger charge is -2.12. The van der Waals surface area contributed by atoms with Crippen LogP contribution in [-0.4, -0.2) is 11.1 Å². The summed E-state index contributed by atoms with van der Waals surface area (Å²) in [6, 6.07) is 0. The highest BCUT2D eigenvalue weighted by Gasteiger charge is 2.18. The largest absolute Gasteiger partial charge is 0.481 e. The van der Waals surface area contributed by atoms with Gasteiger partial charge in [-0.3, -0.25) is 4.79 Å². The first-order valence-electron chi connectivity index (χ1n) is 3.28. The second kappa shape index (κ2) is 2.69. The Hall–Kier alpha value is -1.05. The Morgan fingerprint density at radius 1 is 1.80 bits per heavy atom. The van der Waals surface area contributed by atoms with E-state index < -0.39 is 5.97 Å². The molecule has 0 aliphatic heterocycles. The summed E-state index contributed by atoms with van der Waals surface area (Å²) in [4.78, 5) is 10.5. The Bertz CT molecular complexity index is 201. The summed E-state index contributed by atoms with van der Waals surface area (Å²) in [6.07, 6.45) is 6.26. The van der Waals surface area contributed by atoms with Crippen molar-refractivity contribution in [1.29, 1.82) is 0 Å². The van der Waals surface area contributed by atoms with E-state index in [0.717, 1.165) is 5.57 Å². The molecule has 0 aromatic heterocycles. The van der Waals surface area contributed by atoms with Crippen molar-refractivity contribution in [2.75, 3.05) is 0 Å². The topological polar surface area (TPSA) is 37.3 Å². The maximum atomic E-state index is 10.5. The van der Waals surface area contributed by atoms with Crippen molar-refractivity contribution >= 4 is 5.97 Å². The molecule has 0 fully saturated rings. The molecular formula is C8H10O2. The number of carboxylic acids is 1. The summed E-state index contributed by atoms with van der Waals surface area (Å²) < 4.78 is 0. The fourth-order valence-electron chi connectivity index (χ4n) is 1.03. The first-order valence-corrected chi connectivity index (χ1v) is 3.28. The monoisotopic (exact) mass is 138 g/mol. The van der Waals surface area contributed by atoms with Crippen molar-refractivity contribution in [3.8, 4) is 0 Å². The number of hydrogen-bond donors (Lipinski definition) is 1. The molecule has 0 radical (unpaired) electrons. The number of carbonyl (C=O) groups is 1. The maximum Gasteiger partial charge on any atom is 0.310 e. The van der Waals surface area contributed by atoms with Crippen LogP contribution in [0.2, 0.25) is 0 Å². The molecule has 0 unspecified atom stereocenters. The zero-order valence-electron chi connectivity index (χ0n) is 5.87. The fraction of sp³-hybridized carbons (Fsp3) is 0.375. The molecule has 0 aromatic rings. The predicted octanol–water partition coefficient (Wildman–Crippen LogP) is 1.59. The lowest BCUT2D eigenvalue weighted by atomic mass is 9.93. The Balaban J connectivity index is 2.73. The first-order chi connectivity index (χ1) is 4.72. The van der Waals surface area contributed by atoms with E-state index in [1.165, 1.54) is 0 Å². The van der Waals surface area contributed by atoms with E-state index in [0.29, 0.717) is 6.42 Å². The molecular weight excluding hydrogens is 128 g/mol. The summed E-state index contributed by atoms with van der Waals surface area (Å²) in [7, 11) is 0.